The van der Waals surface area contributed by atoms with Crippen molar-refractivity contribution < 1.29 is 9.59 Å². The van der Waals surface area contributed by atoms with Crippen molar-refractivity contribution in [1.82, 2.24) is 0 Å². The summed E-state index contributed by atoms with van der Waals surface area (Å²) >= 11 is 5.91. The second kappa shape index (κ2) is 3.55. The molecular weight excluding hydrogens is 216 g/mol. The number of rotatable bonds is 2. The van der Waals surface area contributed by atoms with E-state index in [1.165, 1.54) is 4.90 Å². The van der Waals surface area contributed by atoms with Crippen molar-refractivity contribution in [3.05, 3.63) is 29.3 Å². The largest absolute Gasteiger partial charge is 0.369 e. The average Bonchev–Trinajstić information content (AvgIpc) is 2.18. The molecule has 0 saturated carbocycles. The van der Waals surface area contributed by atoms with Crippen LogP contribution in [0.5, 0.6) is 0 Å². The molecule has 0 aliphatic carbocycles. The fraction of sp³-hybridized carbons (Fsp3) is 0.200. The third-order valence-electron chi connectivity index (χ3n) is 2.42. The maximum absolute atomic E-state index is 11.5. The van der Waals surface area contributed by atoms with Crippen molar-refractivity contribution in [2.24, 2.45) is 11.7 Å². The number of β-lactam (4-membered cyclic amide) rings is 1. The van der Waals surface area contributed by atoms with Gasteiger partial charge in [0.25, 0.3) is 0 Å². The molecule has 1 aliphatic rings. The van der Waals surface area contributed by atoms with Crippen LogP contribution in [0.15, 0.2) is 24.3 Å². The molecule has 0 spiro atoms. The summed E-state index contributed by atoms with van der Waals surface area (Å²) in [5.41, 5.74) is 5.67. The molecule has 0 aromatic heterocycles. The highest BCUT2D eigenvalue weighted by atomic mass is 35.5. The molecule has 4 nitrogen and oxygen atoms in total. The second-order valence-corrected chi connectivity index (χ2v) is 3.76. The predicted octanol–water partition coefficient (Wildman–Crippen LogP) is 0.788. The predicted molar refractivity (Wildman–Crippen MR) is 56.5 cm³/mol. The Balaban J connectivity index is 2.20. The van der Waals surface area contributed by atoms with E-state index < -0.39 is 11.8 Å². The van der Waals surface area contributed by atoms with Gasteiger partial charge in [0.05, 0.1) is 10.7 Å². The van der Waals surface area contributed by atoms with E-state index in [0.717, 1.165) is 0 Å². The Bertz CT molecular complexity index is 433. The van der Waals surface area contributed by atoms with Crippen LogP contribution in [-0.4, -0.2) is 18.4 Å². The molecule has 1 aromatic carbocycles. The highest BCUT2D eigenvalue weighted by Crippen LogP contribution is 2.31. The molecule has 2 amide bonds. The molecule has 1 heterocycles. The minimum absolute atomic E-state index is 0.282. The van der Waals surface area contributed by atoms with Gasteiger partial charge in [0.15, 0.2) is 0 Å². The molecule has 2 rings (SSSR count). The highest BCUT2D eigenvalue weighted by Gasteiger charge is 2.42. The minimum atomic E-state index is -0.693. The Morgan fingerprint density at radius 3 is 2.67 bits per heavy atom. The molecule has 15 heavy (non-hydrogen) atoms. The lowest BCUT2D eigenvalue weighted by molar-refractivity contribution is -0.136. The van der Waals surface area contributed by atoms with Crippen LogP contribution in [0.25, 0.3) is 0 Å². The second-order valence-electron chi connectivity index (χ2n) is 3.36. The number of anilines is 1. The van der Waals surface area contributed by atoms with Crippen LogP contribution in [0.2, 0.25) is 5.02 Å². The van der Waals surface area contributed by atoms with E-state index in [4.69, 9.17) is 17.3 Å². The number of nitrogens with zero attached hydrogens (tertiary/aromatic N) is 1. The molecule has 0 radical (unpaired) electrons. The Morgan fingerprint density at radius 1 is 1.47 bits per heavy atom. The number of hydrogen-bond acceptors (Lipinski definition) is 2. The number of carbonyl (C=O) groups is 2. The zero-order valence-corrected chi connectivity index (χ0v) is 8.57. The minimum Gasteiger partial charge on any atom is -0.369 e. The van der Waals surface area contributed by atoms with E-state index in [1.54, 1.807) is 24.3 Å². The number of primary amides is 1. The lowest BCUT2D eigenvalue weighted by Gasteiger charge is -2.36. The van der Waals surface area contributed by atoms with Gasteiger partial charge in [-0.25, -0.2) is 0 Å². The standard InChI is InChI=1S/C10H9ClN2O2/c11-7-3-1-2-4-8(7)13-5-6(9(12)14)10(13)15/h1-4,6H,5H2,(H2,12,14). The summed E-state index contributed by atoms with van der Waals surface area (Å²) in [6.07, 6.45) is 0. The van der Waals surface area contributed by atoms with Crippen molar-refractivity contribution in [1.29, 1.82) is 0 Å². The zero-order chi connectivity index (χ0) is 11.0. The normalized spacial score (nSPS) is 19.9. The molecule has 1 unspecified atom stereocenters. The lowest BCUT2D eigenvalue weighted by atomic mass is 9.97. The number of nitrogens with two attached hydrogens (primary N) is 1. The van der Waals surface area contributed by atoms with E-state index >= 15 is 0 Å². The first-order chi connectivity index (χ1) is 7.11. The molecular formula is C10H9ClN2O2. The summed E-state index contributed by atoms with van der Waals surface area (Å²) in [6, 6.07) is 6.99. The zero-order valence-electron chi connectivity index (χ0n) is 7.81. The van der Waals surface area contributed by atoms with Gasteiger partial charge in [-0.1, -0.05) is 23.7 Å². The van der Waals surface area contributed by atoms with E-state index in [0.29, 0.717) is 17.3 Å². The first-order valence-electron chi connectivity index (χ1n) is 4.46. The number of hydrogen-bond donors (Lipinski definition) is 1. The molecule has 1 aliphatic heterocycles. The van der Waals surface area contributed by atoms with Crippen LogP contribution < -0.4 is 10.6 Å². The third kappa shape index (κ3) is 1.57. The Hall–Kier alpha value is -1.55. The molecule has 1 aromatic rings. The van der Waals surface area contributed by atoms with Gasteiger partial charge < -0.3 is 10.6 Å². The van der Waals surface area contributed by atoms with Crippen molar-refractivity contribution in [3.8, 4) is 0 Å². The average molecular weight is 225 g/mol. The van der Waals surface area contributed by atoms with E-state index in [1.807, 2.05) is 0 Å². The van der Waals surface area contributed by atoms with E-state index in [-0.39, 0.29) is 5.91 Å². The maximum Gasteiger partial charge on any atom is 0.241 e. The molecule has 1 saturated heterocycles. The van der Waals surface area contributed by atoms with Crippen LogP contribution in [0.1, 0.15) is 0 Å². The molecule has 5 heteroatoms. The number of amides is 2. The van der Waals surface area contributed by atoms with Crippen LogP contribution in [0.3, 0.4) is 0 Å². The van der Waals surface area contributed by atoms with Gasteiger partial charge in [-0.2, -0.15) is 0 Å². The van der Waals surface area contributed by atoms with Gasteiger partial charge >= 0.3 is 0 Å². The van der Waals surface area contributed by atoms with Crippen LogP contribution in [0, 0.1) is 5.92 Å². The molecule has 0 bridgehead atoms. The van der Waals surface area contributed by atoms with Crippen LogP contribution in [-0.2, 0) is 9.59 Å². The fourth-order valence-corrected chi connectivity index (χ4v) is 1.76. The van der Waals surface area contributed by atoms with Crippen molar-refractivity contribution in [2.45, 2.75) is 0 Å². The quantitative estimate of drug-likeness (QED) is 0.596. The van der Waals surface area contributed by atoms with Gasteiger partial charge in [-0.05, 0) is 12.1 Å². The Morgan fingerprint density at radius 2 is 2.13 bits per heavy atom. The molecule has 1 fully saturated rings. The van der Waals surface area contributed by atoms with Gasteiger partial charge in [-0.3, -0.25) is 9.59 Å². The number of benzene rings is 1. The topological polar surface area (TPSA) is 63.4 Å². The summed E-state index contributed by atoms with van der Waals surface area (Å²) < 4.78 is 0. The Kier molecular flexibility index (Phi) is 2.36. The summed E-state index contributed by atoms with van der Waals surface area (Å²) in [6.45, 7) is 0.317. The Labute approximate surface area is 91.6 Å². The van der Waals surface area contributed by atoms with Gasteiger partial charge in [0.1, 0.15) is 5.92 Å². The van der Waals surface area contributed by atoms with Gasteiger partial charge in [0.2, 0.25) is 11.8 Å². The van der Waals surface area contributed by atoms with Gasteiger partial charge in [-0.15, -0.1) is 0 Å². The molecule has 1 atom stereocenters. The van der Waals surface area contributed by atoms with E-state index in [2.05, 4.69) is 0 Å². The van der Waals surface area contributed by atoms with Crippen molar-refractivity contribution in [3.63, 3.8) is 0 Å². The lowest BCUT2D eigenvalue weighted by Crippen LogP contribution is -2.57. The van der Waals surface area contributed by atoms with Crippen LogP contribution >= 0.6 is 11.6 Å². The monoisotopic (exact) mass is 224 g/mol. The third-order valence-corrected chi connectivity index (χ3v) is 2.74. The molecule has 78 valence electrons. The summed E-state index contributed by atoms with van der Waals surface area (Å²) in [5, 5.41) is 0.494. The number of carbonyl (C=O) groups excluding carboxylic acids is 2. The smallest absolute Gasteiger partial charge is 0.241 e. The van der Waals surface area contributed by atoms with Crippen molar-refractivity contribution >= 4 is 29.1 Å². The van der Waals surface area contributed by atoms with Crippen LogP contribution in [0.4, 0.5) is 5.69 Å². The van der Waals surface area contributed by atoms with Gasteiger partial charge in [0, 0.05) is 6.54 Å². The number of halogens is 1. The summed E-state index contributed by atoms with van der Waals surface area (Å²) in [4.78, 5) is 23.8. The summed E-state index contributed by atoms with van der Waals surface area (Å²) in [5.74, 6) is -1.56. The van der Waals surface area contributed by atoms with Crippen molar-refractivity contribution in [2.75, 3.05) is 11.4 Å². The summed E-state index contributed by atoms with van der Waals surface area (Å²) in [7, 11) is 0. The molecule has 2 N–H and O–H groups in total. The first-order valence-corrected chi connectivity index (χ1v) is 4.84. The maximum atomic E-state index is 11.5. The fourth-order valence-electron chi connectivity index (χ4n) is 1.53. The SMILES string of the molecule is NC(=O)C1CN(c2ccccc2Cl)C1=O. The highest BCUT2D eigenvalue weighted by molar-refractivity contribution is 6.34. The van der Waals surface area contributed by atoms with E-state index in [9.17, 15) is 9.59 Å². The first kappa shape index (κ1) is 9.98. The number of para-hydroxylation sites is 1.